The molecule has 17 heavy (non-hydrogen) atoms. The molecule has 0 aliphatic rings. The predicted molar refractivity (Wildman–Crippen MR) is 67.3 cm³/mol. The van der Waals surface area contributed by atoms with Gasteiger partial charge in [0.25, 0.3) is 0 Å². The fraction of sp³-hybridized carbons (Fsp3) is 0.667. The van der Waals surface area contributed by atoms with Gasteiger partial charge in [0.15, 0.2) is 0 Å². The van der Waals surface area contributed by atoms with Crippen molar-refractivity contribution in [3.05, 3.63) is 18.5 Å². The van der Waals surface area contributed by atoms with Crippen LogP contribution in [-0.4, -0.2) is 27.8 Å². The highest BCUT2D eigenvalue weighted by Gasteiger charge is 2.14. The molecule has 1 rings (SSSR count). The Balaban J connectivity index is 2.31. The molecule has 3 N–H and O–H groups in total. The molecule has 96 valence electrons. The molecule has 1 amide bonds. The lowest BCUT2D eigenvalue weighted by Gasteiger charge is -2.18. The van der Waals surface area contributed by atoms with Crippen LogP contribution < -0.4 is 11.1 Å². The largest absolute Gasteiger partial charge is 0.352 e. The molecular formula is C12H22N4O. The Hall–Kier alpha value is -1.36. The fourth-order valence-corrected chi connectivity index (χ4v) is 1.52. The van der Waals surface area contributed by atoms with Gasteiger partial charge in [-0.05, 0) is 18.9 Å². The SMILES string of the molecule is CC(Cn1cccn1)NC(=O)CC(N)C(C)C. The molecular weight excluding hydrogens is 216 g/mol. The third-order valence-electron chi connectivity index (χ3n) is 2.70. The lowest BCUT2D eigenvalue weighted by Crippen LogP contribution is -2.40. The van der Waals surface area contributed by atoms with Gasteiger partial charge in [-0.1, -0.05) is 13.8 Å². The highest BCUT2D eigenvalue weighted by Crippen LogP contribution is 2.02. The average Bonchev–Trinajstić information content (AvgIpc) is 2.69. The number of amides is 1. The minimum absolute atomic E-state index is 0.00542. The van der Waals surface area contributed by atoms with Gasteiger partial charge in [-0.15, -0.1) is 0 Å². The van der Waals surface area contributed by atoms with Crippen molar-refractivity contribution in [3.63, 3.8) is 0 Å². The molecule has 0 saturated carbocycles. The van der Waals surface area contributed by atoms with Crippen molar-refractivity contribution >= 4 is 5.91 Å². The molecule has 5 nitrogen and oxygen atoms in total. The van der Waals surface area contributed by atoms with Crippen molar-refractivity contribution in [2.75, 3.05) is 0 Å². The smallest absolute Gasteiger partial charge is 0.221 e. The summed E-state index contributed by atoms with van der Waals surface area (Å²) in [4.78, 5) is 11.7. The first-order chi connectivity index (χ1) is 7.99. The normalized spacial score (nSPS) is 14.6. The van der Waals surface area contributed by atoms with Crippen LogP contribution in [0.1, 0.15) is 27.2 Å². The lowest BCUT2D eigenvalue weighted by atomic mass is 10.0. The highest BCUT2D eigenvalue weighted by molar-refractivity contribution is 5.76. The quantitative estimate of drug-likeness (QED) is 0.768. The summed E-state index contributed by atoms with van der Waals surface area (Å²) in [5.74, 6) is 0.327. The number of rotatable bonds is 6. The number of hydrogen-bond donors (Lipinski definition) is 2. The highest BCUT2D eigenvalue weighted by atomic mass is 16.1. The molecule has 1 heterocycles. The summed E-state index contributed by atoms with van der Waals surface area (Å²) in [5.41, 5.74) is 5.85. The van der Waals surface area contributed by atoms with Crippen LogP contribution in [0.2, 0.25) is 0 Å². The molecule has 2 atom stereocenters. The topological polar surface area (TPSA) is 72.9 Å². The van der Waals surface area contributed by atoms with Crippen molar-refractivity contribution < 1.29 is 4.79 Å². The van der Waals surface area contributed by atoms with Crippen molar-refractivity contribution in [2.24, 2.45) is 11.7 Å². The van der Waals surface area contributed by atoms with Gasteiger partial charge >= 0.3 is 0 Å². The summed E-state index contributed by atoms with van der Waals surface area (Å²) in [6.45, 7) is 6.67. The van der Waals surface area contributed by atoms with E-state index in [1.165, 1.54) is 0 Å². The van der Waals surface area contributed by atoms with Gasteiger partial charge in [-0.25, -0.2) is 0 Å². The van der Waals surface area contributed by atoms with E-state index >= 15 is 0 Å². The molecule has 2 unspecified atom stereocenters. The van der Waals surface area contributed by atoms with Crippen molar-refractivity contribution in [1.82, 2.24) is 15.1 Å². The summed E-state index contributed by atoms with van der Waals surface area (Å²) in [5, 5.41) is 7.02. The molecule has 0 aliphatic heterocycles. The second kappa shape index (κ2) is 6.39. The van der Waals surface area contributed by atoms with Crippen molar-refractivity contribution in [2.45, 2.75) is 45.8 Å². The minimum atomic E-state index is -0.0769. The number of nitrogens with one attached hydrogen (secondary N) is 1. The van der Waals surface area contributed by atoms with Gasteiger partial charge in [-0.2, -0.15) is 5.10 Å². The zero-order valence-electron chi connectivity index (χ0n) is 10.8. The van der Waals surface area contributed by atoms with Crippen LogP contribution in [0.3, 0.4) is 0 Å². The molecule has 1 aromatic heterocycles. The van der Waals surface area contributed by atoms with Crippen LogP contribution >= 0.6 is 0 Å². The van der Waals surface area contributed by atoms with E-state index in [-0.39, 0.29) is 18.0 Å². The summed E-state index contributed by atoms with van der Waals surface area (Å²) < 4.78 is 1.80. The molecule has 0 aliphatic carbocycles. The maximum atomic E-state index is 11.7. The van der Waals surface area contributed by atoms with Crippen molar-refractivity contribution in [3.8, 4) is 0 Å². The van der Waals surface area contributed by atoms with Crippen LogP contribution in [0.5, 0.6) is 0 Å². The fourth-order valence-electron chi connectivity index (χ4n) is 1.52. The zero-order valence-corrected chi connectivity index (χ0v) is 10.8. The zero-order chi connectivity index (χ0) is 12.8. The van der Waals surface area contributed by atoms with E-state index in [9.17, 15) is 4.79 Å². The molecule has 0 aromatic carbocycles. The Kier molecular flexibility index (Phi) is 5.15. The van der Waals surface area contributed by atoms with Crippen LogP contribution in [0.25, 0.3) is 0 Å². The summed E-state index contributed by atoms with van der Waals surface area (Å²) in [6, 6.07) is 1.84. The molecule has 0 bridgehead atoms. The Morgan fingerprint density at radius 2 is 2.18 bits per heavy atom. The standard InChI is InChI=1S/C12H22N4O/c1-9(2)11(13)7-12(17)15-10(3)8-16-6-4-5-14-16/h4-6,9-11H,7-8,13H2,1-3H3,(H,15,17). The number of nitrogens with zero attached hydrogens (tertiary/aromatic N) is 2. The molecule has 0 saturated heterocycles. The summed E-state index contributed by atoms with van der Waals surface area (Å²) in [7, 11) is 0. The van der Waals surface area contributed by atoms with Gasteiger partial charge in [-0.3, -0.25) is 9.48 Å². The van der Waals surface area contributed by atoms with Gasteiger partial charge in [0.1, 0.15) is 0 Å². The van der Waals surface area contributed by atoms with Gasteiger partial charge in [0.2, 0.25) is 5.91 Å². The number of hydrogen-bond acceptors (Lipinski definition) is 3. The number of nitrogens with two attached hydrogens (primary N) is 1. The van der Waals surface area contributed by atoms with E-state index in [1.807, 2.05) is 33.0 Å². The summed E-state index contributed by atoms with van der Waals surface area (Å²) >= 11 is 0. The van der Waals surface area contributed by atoms with Gasteiger partial charge in [0, 0.05) is 30.9 Å². The van der Waals surface area contributed by atoms with E-state index in [2.05, 4.69) is 10.4 Å². The van der Waals surface area contributed by atoms with Gasteiger partial charge in [0.05, 0.1) is 6.54 Å². The predicted octanol–water partition coefficient (Wildman–Crippen LogP) is 0.761. The van der Waals surface area contributed by atoms with E-state index in [1.54, 1.807) is 10.9 Å². The van der Waals surface area contributed by atoms with Crippen LogP contribution in [0.15, 0.2) is 18.5 Å². The maximum Gasteiger partial charge on any atom is 0.221 e. The van der Waals surface area contributed by atoms with Crippen molar-refractivity contribution in [1.29, 1.82) is 0 Å². The molecule has 0 radical (unpaired) electrons. The Labute approximate surface area is 102 Å². The average molecular weight is 238 g/mol. The van der Waals surface area contributed by atoms with E-state index in [0.717, 1.165) is 0 Å². The second-order valence-corrected chi connectivity index (χ2v) is 4.81. The van der Waals surface area contributed by atoms with E-state index in [4.69, 9.17) is 5.73 Å². The van der Waals surface area contributed by atoms with E-state index in [0.29, 0.717) is 18.9 Å². The first-order valence-corrected chi connectivity index (χ1v) is 6.01. The van der Waals surface area contributed by atoms with Gasteiger partial charge < -0.3 is 11.1 Å². The Morgan fingerprint density at radius 3 is 2.71 bits per heavy atom. The molecule has 0 spiro atoms. The van der Waals surface area contributed by atoms with Crippen LogP contribution in [0.4, 0.5) is 0 Å². The maximum absolute atomic E-state index is 11.7. The number of carbonyl (C=O) groups is 1. The minimum Gasteiger partial charge on any atom is -0.352 e. The summed E-state index contributed by atoms with van der Waals surface area (Å²) in [6.07, 6.45) is 3.98. The Morgan fingerprint density at radius 1 is 1.47 bits per heavy atom. The first-order valence-electron chi connectivity index (χ1n) is 6.01. The molecule has 1 aromatic rings. The Bertz CT molecular complexity index is 334. The monoisotopic (exact) mass is 238 g/mol. The first kappa shape index (κ1) is 13.7. The third kappa shape index (κ3) is 4.99. The van der Waals surface area contributed by atoms with E-state index < -0.39 is 0 Å². The van der Waals surface area contributed by atoms with Crippen LogP contribution in [-0.2, 0) is 11.3 Å². The number of aromatic nitrogens is 2. The second-order valence-electron chi connectivity index (χ2n) is 4.81. The van der Waals surface area contributed by atoms with Crippen LogP contribution in [0, 0.1) is 5.92 Å². The lowest BCUT2D eigenvalue weighted by molar-refractivity contribution is -0.122. The third-order valence-corrected chi connectivity index (χ3v) is 2.70. The number of carbonyl (C=O) groups excluding carboxylic acids is 1. The molecule has 5 heteroatoms. The molecule has 0 fully saturated rings.